The molecule has 1 rings (SSSR count). The zero-order valence-electron chi connectivity index (χ0n) is 12.4. The molecule has 0 radical (unpaired) electrons. The summed E-state index contributed by atoms with van der Waals surface area (Å²) in [5.74, 6) is 0.941. The van der Waals surface area contributed by atoms with Crippen molar-refractivity contribution < 1.29 is 4.74 Å². The van der Waals surface area contributed by atoms with Crippen LogP contribution in [0.5, 0.6) is 0 Å². The van der Waals surface area contributed by atoms with Crippen LogP contribution in [-0.4, -0.2) is 50.8 Å². The molecule has 0 aromatic carbocycles. The number of likely N-dealkylation sites (tertiary alicyclic amines) is 1. The molecule has 0 saturated carbocycles. The molecule has 1 saturated heterocycles. The van der Waals surface area contributed by atoms with E-state index in [9.17, 15) is 0 Å². The highest BCUT2D eigenvalue weighted by Gasteiger charge is 2.17. The highest BCUT2D eigenvalue weighted by Crippen LogP contribution is 2.18. The summed E-state index contributed by atoms with van der Waals surface area (Å²) in [6, 6.07) is 0. The third-order valence-electron chi connectivity index (χ3n) is 3.85. The van der Waals surface area contributed by atoms with Crippen molar-refractivity contribution >= 4 is 0 Å². The van der Waals surface area contributed by atoms with E-state index in [0.717, 1.165) is 32.2 Å². The Bertz CT molecular complexity index is 187. The molecule has 1 heterocycles. The van der Waals surface area contributed by atoms with Gasteiger partial charge in [0.2, 0.25) is 0 Å². The van der Waals surface area contributed by atoms with Gasteiger partial charge >= 0.3 is 0 Å². The van der Waals surface area contributed by atoms with Crippen LogP contribution in [0.1, 0.15) is 46.0 Å². The Hall–Kier alpha value is -0.120. The maximum Gasteiger partial charge on any atom is 0.0590 e. The molecule has 1 atom stereocenters. The van der Waals surface area contributed by atoms with Gasteiger partial charge in [-0.3, -0.25) is 0 Å². The smallest absolute Gasteiger partial charge is 0.0590 e. The summed E-state index contributed by atoms with van der Waals surface area (Å²) < 4.78 is 5.52. The van der Waals surface area contributed by atoms with Crippen molar-refractivity contribution in [1.29, 1.82) is 0 Å². The second-order valence-corrected chi connectivity index (χ2v) is 5.43. The van der Waals surface area contributed by atoms with Gasteiger partial charge in [-0.05, 0) is 31.7 Å². The fraction of sp³-hybridized carbons (Fsp3) is 1.00. The zero-order chi connectivity index (χ0) is 13.1. The van der Waals surface area contributed by atoms with Gasteiger partial charge in [0.15, 0.2) is 0 Å². The monoisotopic (exact) mass is 256 g/mol. The molecule has 3 nitrogen and oxygen atoms in total. The Morgan fingerprint density at radius 2 is 2.11 bits per heavy atom. The lowest BCUT2D eigenvalue weighted by Gasteiger charge is -2.32. The van der Waals surface area contributed by atoms with Crippen molar-refractivity contribution in [2.45, 2.75) is 46.0 Å². The molecule has 0 aliphatic carbocycles. The van der Waals surface area contributed by atoms with Crippen molar-refractivity contribution in [3.8, 4) is 0 Å². The van der Waals surface area contributed by atoms with Crippen molar-refractivity contribution in [2.75, 3.05) is 45.9 Å². The van der Waals surface area contributed by atoms with Crippen LogP contribution >= 0.6 is 0 Å². The second kappa shape index (κ2) is 10.8. The van der Waals surface area contributed by atoms with Crippen molar-refractivity contribution in [3.63, 3.8) is 0 Å². The first kappa shape index (κ1) is 15.9. The number of rotatable bonds is 10. The first-order chi connectivity index (χ1) is 8.86. The van der Waals surface area contributed by atoms with E-state index in [0.29, 0.717) is 0 Å². The minimum atomic E-state index is 0.859. The Morgan fingerprint density at radius 1 is 1.22 bits per heavy atom. The molecule has 1 aliphatic heterocycles. The fourth-order valence-corrected chi connectivity index (χ4v) is 2.54. The highest BCUT2D eigenvalue weighted by molar-refractivity contribution is 4.72. The van der Waals surface area contributed by atoms with Crippen molar-refractivity contribution in [2.24, 2.45) is 5.92 Å². The third kappa shape index (κ3) is 7.34. The molecule has 108 valence electrons. The molecular formula is C15H32N2O. The van der Waals surface area contributed by atoms with E-state index in [4.69, 9.17) is 4.74 Å². The quantitative estimate of drug-likeness (QED) is 0.608. The van der Waals surface area contributed by atoms with Crippen LogP contribution in [0.3, 0.4) is 0 Å². The molecular weight excluding hydrogens is 224 g/mol. The Labute approximate surface area is 113 Å². The van der Waals surface area contributed by atoms with E-state index >= 15 is 0 Å². The summed E-state index contributed by atoms with van der Waals surface area (Å²) in [5.41, 5.74) is 0. The maximum absolute atomic E-state index is 5.52. The summed E-state index contributed by atoms with van der Waals surface area (Å²) >= 11 is 0. The number of hydrogen-bond acceptors (Lipinski definition) is 3. The molecule has 1 fully saturated rings. The number of ether oxygens (including phenoxy) is 1. The van der Waals surface area contributed by atoms with Gasteiger partial charge in [0.1, 0.15) is 0 Å². The third-order valence-corrected chi connectivity index (χ3v) is 3.85. The number of piperidine rings is 1. The molecule has 1 unspecified atom stereocenters. The molecule has 0 bridgehead atoms. The van der Waals surface area contributed by atoms with E-state index in [1.165, 1.54) is 51.7 Å². The summed E-state index contributed by atoms with van der Waals surface area (Å²) in [6.07, 6.45) is 6.58. The standard InChI is InChI=1S/C15H32N2O/c1-3-5-12-18-13-9-16-8-11-17-10-6-7-15(4-2)14-17/h15-16H,3-14H2,1-2H3. The molecule has 3 heteroatoms. The minimum Gasteiger partial charge on any atom is -0.380 e. The van der Waals surface area contributed by atoms with Gasteiger partial charge in [-0.2, -0.15) is 0 Å². The first-order valence-electron chi connectivity index (χ1n) is 7.87. The van der Waals surface area contributed by atoms with E-state index in [2.05, 4.69) is 24.1 Å². The summed E-state index contributed by atoms with van der Waals surface area (Å²) in [4.78, 5) is 2.61. The fourth-order valence-electron chi connectivity index (χ4n) is 2.54. The molecule has 0 aromatic rings. The van der Waals surface area contributed by atoms with Gasteiger partial charge in [0.05, 0.1) is 6.61 Å². The summed E-state index contributed by atoms with van der Waals surface area (Å²) in [7, 11) is 0. The van der Waals surface area contributed by atoms with Crippen molar-refractivity contribution in [3.05, 3.63) is 0 Å². The van der Waals surface area contributed by atoms with Gasteiger partial charge in [-0.15, -0.1) is 0 Å². The van der Waals surface area contributed by atoms with Gasteiger partial charge in [0, 0.05) is 32.8 Å². The van der Waals surface area contributed by atoms with Crippen LogP contribution in [0.2, 0.25) is 0 Å². The highest BCUT2D eigenvalue weighted by atomic mass is 16.5. The Balaban J connectivity index is 1.88. The molecule has 0 aromatic heterocycles. The molecule has 1 N–H and O–H groups in total. The predicted octanol–water partition coefficient (Wildman–Crippen LogP) is 2.51. The topological polar surface area (TPSA) is 24.5 Å². The second-order valence-electron chi connectivity index (χ2n) is 5.43. The molecule has 0 spiro atoms. The normalized spacial score (nSPS) is 21.3. The number of unbranched alkanes of at least 4 members (excludes halogenated alkanes) is 1. The van der Waals surface area contributed by atoms with Gasteiger partial charge in [0.25, 0.3) is 0 Å². The van der Waals surface area contributed by atoms with Crippen LogP contribution in [0.25, 0.3) is 0 Å². The molecule has 0 amide bonds. The van der Waals surface area contributed by atoms with E-state index in [1.807, 2.05) is 0 Å². The largest absolute Gasteiger partial charge is 0.380 e. The Kier molecular flexibility index (Phi) is 9.54. The lowest BCUT2D eigenvalue weighted by molar-refractivity contribution is 0.130. The van der Waals surface area contributed by atoms with E-state index < -0.39 is 0 Å². The lowest BCUT2D eigenvalue weighted by atomic mass is 9.96. The molecule has 18 heavy (non-hydrogen) atoms. The first-order valence-corrected chi connectivity index (χ1v) is 7.87. The van der Waals surface area contributed by atoms with Crippen LogP contribution in [0.15, 0.2) is 0 Å². The number of nitrogens with zero attached hydrogens (tertiary/aromatic N) is 1. The number of nitrogens with one attached hydrogen (secondary N) is 1. The minimum absolute atomic E-state index is 0.859. The predicted molar refractivity (Wildman–Crippen MR) is 78.1 cm³/mol. The van der Waals surface area contributed by atoms with Crippen LogP contribution in [-0.2, 0) is 4.74 Å². The SMILES string of the molecule is CCCCOCCNCCN1CCCC(CC)C1. The van der Waals surface area contributed by atoms with Gasteiger partial charge in [-0.25, -0.2) is 0 Å². The lowest BCUT2D eigenvalue weighted by Crippen LogP contribution is -2.39. The van der Waals surface area contributed by atoms with Crippen molar-refractivity contribution in [1.82, 2.24) is 10.2 Å². The van der Waals surface area contributed by atoms with E-state index in [1.54, 1.807) is 0 Å². The van der Waals surface area contributed by atoms with Crippen LogP contribution in [0.4, 0.5) is 0 Å². The average molecular weight is 256 g/mol. The summed E-state index contributed by atoms with van der Waals surface area (Å²) in [5, 5.41) is 3.48. The van der Waals surface area contributed by atoms with Crippen LogP contribution < -0.4 is 5.32 Å². The van der Waals surface area contributed by atoms with Crippen LogP contribution in [0, 0.1) is 5.92 Å². The Morgan fingerprint density at radius 3 is 2.89 bits per heavy atom. The van der Waals surface area contributed by atoms with E-state index in [-0.39, 0.29) is 0 Å². The van der Waals surface area contributed by atoms with Gasteiger partial charge < -0.3 is 15.0 Å². The zero-order valence-corrected chi connectivity index (χ0v) is 12.4. The molecule has 1 aliphatic rings. The average Bonchev–Trinajstić information content (AvgIpc) is 2.42. The van der Waals surface area contributed by atoms with Gasteiger partial charge in [-0.1, -0.05) is 26.7 Å². The summed E-state index contributed by atoms with van der Waals surface area (Å²) in [6.45, 7) is 12.2. The number of hydrogen-bond donors (Lipinski definition) is 1. The maximum atomic E-state index is 5.52.